The lowest BCUT2D eigenvalue weighted by molar-refractivity contribution is 0.192. The molecule has 2 heterocycles. The highest BCUT2D eigenvalue weighted by Gasteiger charge is 2.30. The second-order valence-corrected chi connectivity index (χ2v) is 6.19. The molecule has 2 nitrogen and oxygen atoms in total. The smallest absolute Gasteiger partial charge is 0.149 e. The number of nitrogens with zero attached hydrogens (tertiary/aromatic N) is 1. The summed E-state index contributed by atoms with van der Waals surface area (Å²) in [6.07, 6.45) is 0. The van der Waals surface area contributed by atoms with Crippen molar-refractivity contribution in [2.75, 3.05) is 26.2 Å². The molecule has 22 heavy (non-hydrogen) atoms. The maximum Gasteiger partial charge on any atom is 0.149 e. The van der Waals surface area contributed by atoms with Gasteiger partial charge in [-0.2, -0.15) is 11.3 Å². The summed E-state index contributed by atoms with van der Waals surface area (Å²) < 4.78 is 28.7. The third kappa shape index (κ3) is 3.44. The van der Waals surface area contributed by atoms with Crippen molar-refractivity contribution in [1.82, 2.24) is 10.2 Å². The molecule has 0 saturated carbocycles. The Hall–Kier alpha value is -0.720. The van der Waals surface area contributed by atoms with Crippen molar-refractivity contribution < 1.29 is 8.78 Å². The van der Waals surface area contributed by atoms with E-state index in [1.165, 1.54) is 23.5 Å². The average Bonchev–Trinajstić information content (AvgIpc) is 3.02. The zero-order valence-corrected chi connectivity index (χ0v) is 14.1. The van der Waals surface area contributed by atoms with Crippen molar-refractivity contribution >= 4 is 35.3 Å². The van der Waals surface area contributed by atoms with Crippen molar-refractivity contribution in [2.24, 2.45) is 0 Å². The highest BCUT2D eigenvalue weighted by molar-refractivity contribution is 7.08. The molecule has 1 atom stereocenters. The van der Waals surface area contributed by atoms with Gasteiger partial charge < -0.3 is 5.32 Å². The van der Waals surface area contributed by atoms with E-state index in [1.54, 1.807) is 0 Å². The minimum Gasteiger partial charge on any atom is -0.314 e. The van der Waals surface area contributed by atoms with E-state index in [4.69, 9.17) is 11.6 Å². The molecule has 1 fully saturated rings. The minimum absolute atomic E-state index is 0. The summed E-state index contributed by atoms with van der Waals surface area (Å²) >= 11 is 7.38. The van der Waals surface area contributed by atoms with Crippen molar-refractivity contribution in [3.63, 3.8) is 0 Å². The van der Waals surface area contributed by atoms with Gasteiger partial charge in [-0.3, -0.25) is 4.90 Å². The van der Waals surface area contributed by atoms with Crippen LogP contribution < -0.4 is 5.32 Å². The van der Waals surface area contributed by atoms with Crippen molar-refractivity contribution in [1.29, 1.82) is 0 Å². The number of nitrogens with one attached hydrogen (secondary N) is 1. The third-order valence-corrected chi connectivity index (χ3v) is 4.72. The van der Waals surface area contributed by atoms with Crippen LogP contribution in [0.3, 0.4) is 0 Å². The van der Waals surface area contributed by atoms with Crippen LogP contribution in [0.25, 0.3) is 0 Å². The van der Waals surface area contributed by atoms with Gasteiger partial charge in [0.2, 0.25) is 0 Å². The fraction of sp³-hybridized carbons (Fsp3) is 0.333. The van der Waals surface area contributed by atoms with Gasteiger partial charge in [0.15, 0.2) is 0 Å². The lowest BCUT2D eigenvalue weighted by atomic mass is 9.97. The monoisotopic (exact) mass is 364 g/mol. The van der Waals surface area contributed by atoms with Gasteiger partial charge in [-0.25, -0.2) is 8.78 Å². The zero-order chi connectivity index (χ0) is 14.8. The molecule has 0 unspecified atom stereocenters. The first-order chi connectivity index (χ1) is 10.2. The normalized spacial score (nSPS) is 17.0. The topological polar surface area (TPSA) is 15.3 Å². The molecule has 1 aromatic heterocycles. The van der Waals surface area contributed by atoms with E-state index in [0.29, 0.717) is 0 Å². The summed E-state index contributed by atoms with van der Waals surface area (Å²) in [6.45, 7) is 3.10. The molecule has 0 spiro atoms. The minimum atomic E-state index is -0.661. The van der Waals surface area contributed by atoms with Crippen molar-refractivity contribution in [3.05, 3.63) is 56.7 Å². The van der Waals surface area contributed by atoms with Crippen LogP contribution in [0.15, 0.2) is 29.0 Å². The quantitative estimate of drug-likeness (QED) is 0.824. The number of hydrogen-bond donors (Lipinski definition) is 1. The van der Waals surface area contributed by atoms with Crippen molar-refractivity contribution in [2.45, 2.75) is 6.04 Å². The third-order valence-electron chi connectivity index (χ3n) is 3.73. The molecule has 0 amide bonds. The molecular weight excluding hydrogens is 349 g/mol. The molecule has 2 aromatic rings. The van der Waals surface area contributed by atoms with Crippen LogP contribution in [0.2, 0.25) is 5.02 Å². The Morgan fingerprint density at radius 2 is 1.91 bits per heavy atom. The van der Waals surface area contributed by atoms with Gasteiger partial charge in [-0.15, -0.1) is 12.4 Å². The number of benzene rings is 1. The first-order valence-electron chi connectivity index (χ1n) is 6.78. The number of thiophene rings is 1. The molecule has 1 aliphatic rings. The van der Waals surface area contributed by atoms with Crippen LogP contribution in [-0.2, 0) is 0 Å². The SMILES string of the molecule is Cl.Fc1ccc(Cl)c(F)c1[C@@H](c1ccsc1)N1CCNCC1. The summed E-state index contributed by atoms with van der Waals surface area (Å²) in [5, 5.41) is 7.07. The molecular formula is C15H16Cl2F2N2S. The summed E-state index contributed by atoms with van der Waals surface area (Å²) in [5.41, 5.74) is 0.949. The molecule has 0 radical (unpaired) electrons. The van der Waals surface area contributed by atoms with Crippen LogP contribution in [0, 0.1) is 11.6 Å². The molecule has 1 aliphatic heterocycles. The molecule has 0 bridgehead atoms. The Labute approximate surface area is 143 Å². The zero-order valence-electron chi connectivity index (χ0n) is 11.7. The van der Waals surface area contributed by atoms with Gasteiger partial charge in [0.05, 0.1) is 11.1 Å². The molecule has 120 valence electrons. The van der Waals surface area contributed by atoms with Crippen LogP contribution >= 0.6 is 35.3 Å². The lowest BCUT2D eigenvalue weighted by Gasteiger charge is -2.35. The maximum atomic E-state index is 14.4. The summed E-state index contributed by atoms with van der Waals surface area (Å²) in [4.78, 5) is 2.09. The van der Waals surface area contributed by atoms with Crippen LogP contribution in [-0.4, -0.2) is 31.1 Å². The molecule has 0 aliphatic carbocycles. The standard InChI is InChI=1S/C15H15ClF2N2S.ClH/c16-11-1-2-12(17)13(14(11)18)15(10-3-8-21-9-10)20-6-4-19-5-7-20;/h1-3,8-9,15,19H,4-7H2;1H/t15-;/m1./s1. The summed E-state index contributed by atoms with van der Waals surface area (Å²) in [7, 11) is 0. The van der Waals surface area contributed by atoms with Gasteiger partial charge in [-0.1, -0.05) is 11.6 Å². The van der Waals surface area contributed by atoms with Gasteiger partial charge in [0.25, 0.3) is 0 Å². The molecule has 1 aromatic carbocycles. The molecule has 1 saturated heterocycles. The second-order valence-electron chi connectivity index (χ2n) is 5.00. The molecule has 1 N–H and O–H groups in total. The van der Waals surface area contributed by atoms with Gasteiger partial charge in [-0.05, 0) is 34.5 Å². The van der Waals surface area contributed by atoms with Crippen LogP contribution in [0.4, 0.5) is 8.78 Å². The second kappa shape index (κ2) is 7.70. The Balaban J connectivity index is 0.00000176. The highest BCUT2D eigenvalue weighted by Crippen LogP contribution is 2.35. The van der Waals surface area contributed by atoms with E-state index in [1.807, 2.05) is 16.8 Å². The Kier molecular flexibility index (Phi) is 6.17. The molecule has 3 rings (SSSR count). The average molecular weight is 365 g/mol. The first kappa shape index (κ1) is 17.6. The number of halogens is 4. The van der Waals surface area contributed by atoms with Gasteiger partial charge in [0, 0.05) is 31.7 Å². The lowest BCUT2D eigenvalue weighted by Crippen LogP contribution is -2.45. The predicted molar refractivity (Wildman–Crippen MR) is 89.2 cm³/mol. The van der Waals surface area contributed by atoms with E-state index in [-0.39, 0.29) is 23.0 Å². The summed E-state index contributed by atoms with van der Waals surface area (Å²) in [5.74, 6) is -1.21. The Bertz CT molecular complexity index is 616. The number of piperazine rings is 1. The van der Waals surface area contributed by atoms with Crippen LogP contribution in [0.5, 0.6) is 0 Å². The van der Waals surface area contributed by atoms with Crippen LogP contribution in [0.1, 0.15) is 17.2 Å². The molecule has 7 heteroatoms. The Morgan fingerprint density at radius 1 is 1.18 bits per heavy atom. The van der Waals surface area contributed by atoms with E-state index >= 15 is 0 Å². The first-order valence-corrected chi connectivity index (χ1v) is 8.11. The van der Waals surface area contributed by atoms with Gasteiger partial charge >= 0.3 is 0 Å². The fourth-order valence-corrected chi connectivity index (χ4v) is 3.57. The highest BCUT2D eigenvalue weighted by atomic mass is 35.5. The maximum absolute atomic E-state index is 14.4. The fourth-order valence-electron chi connectivity index (χ4n) is 2.72. The van der Waals surface area contributed by atoms with E-state index in [0.717, 1.165) is 31.7 Å². The largest absolute Gasteiger partial charge is 0.314 e. The number of rotatable bonds is 3. The van der Waals surface area contributed by atoms with E-state index < -0.39 is 17.7 Å². The van der Waals surface area contributed by atoms with E-state index in [9.17, 15) is 8.78 Å². The van der Waals surface area contributed by atoms with Gasteiger partial charge in [0.1, 0.15) is 11.6 Å². The number of hydrogen-bond acceptors (Lipinski definition) is 3. The summed E-state index contributed by atoms with van der Waals surface area (Å²) in [6, 6.07) is 3.98. The predicted octanol–water partition coefficient (Wildman–Crippen LogP) is 4.10. The Morgan fingerprint density at radius 3 is 2.55 bits per heavy atom. The van der Waals surface area contributed by atoms with Crippen molar-refractivity contribution in [3.8, 4) is 0 Å². The van der Waals surface area contributed by atoms with E-state index in [2.05, 4.69) is 10.2 Å².